The number of nitro groups is 1. The van der Waals surface area contributed by atoms with Crippen molar-refractivity contribution in [1.82, 2.24) is 10.2 Å². The minimum Gasteiger partial charge on any atom is -0.474 e. The first-order chi connectivity index (χ1) is 11.9. The van der Waals surface area contributed by atoms with E-state index in [4.69, 9.17) is 16.3 Å². The van der Waals surface area contributed by atoms with Crippen LogP contribution in [0.1, 0.15) is 33.1 Å². The van der Waals surface area contributed by atoms with Gasteiger partial charge in [0.1, 0.15) is 0 Å². The third-order valence-corrected chi connectivity index (χ3v) is 4.50. The van der Waals surface area contributed by atoms with E-state index in [-0.39, 0.29) is 40.8 Å². The summed E-state index contributed by atoms with van der Waals surface area (Å²) in [5.74, 6) is -0.0880. The van der Waals surface area contributed by atoms with Gasteiger partial charge in [-0.1, -0.05) is 18.5 Å². The lowest BCUT2D eigenvalue weighted by atomic mass is 10.0. The molecule has 9 heteroatoms. The van der Waals surface area contributed by atoms with Crippen LogP contribution in [0.5, 0.6) is 5.75 Å². The second kappa shape index (κ2) is 10.5. The number of nitro benzene ring substituents is 1. The molecule has 1 aliphatic rings. The van der Waals surface area contributed by atoms with Crippen molar-refractivity contribution in [3.8, 4) is 5.75 Å². The Morgan fingerprint density at radius 1 is 1.46 bits per heavy atom. The van der Waals surface area contributed by atoms with E-state index >= 15 is 0 Å². The Kier molecular flexibility index (Phi) is 9.12. The zero-order valence-electron chi connectivity index (χ0n) is 14.9. The van der Waals surface area contributed by atoms with Gasteiger partial charge >= 0.3 is 5.69 Å². The van der Waals surface area contributed by atoms with E-state index in [1.807, 2.05) is 11.8 Å². The van der Waals surface area contributed by atoms with Crippen LogP contribution in [0.25, 0.3) is 0 Å². The summed E-state index contributed by atoms with van der Waals surface area (Å²) < 4.78 is 5.63. The number of benzene rings is 1. The molecule has 0 saturated carbocycles. The lowest BCUT2D eigenvalue weighted by molar-refractivity contribution is -0.386. The van der Waals surface area contributed by atoms with Gasteiger partial charge in [0.2, 0.25) is 0 Å². The van der Waals surface area contributed by atoms with Crippen molar-refractivity contribution in [1.29, 1.82) is 0 Å². The van der Waals surface area contributed by atoms with Crippen LogP contribution in [0.15, 0.2) is 18.2 Å². The second-order valence-corrected chi connectivity index (χ2v) is 6.58. The van der Waals surface area contributed by atoms with Gasteiger partial charge in [-0.15, -0.1) is 12.4 Å². The van der Waals surface area contributed by atoms with Gasteiger partial charge in [0.15, 0.2) is 11.9 Å². The van der Waals surface area contributed by atoms with Crippen LogP contribution in [0.3, 0.4) is 0 Å². The first-order valence-corrected chi connectivity index (χ1v) is 8.93. The van der Waals surface area contributed by atoms with Crippen LogP contribution in [0.2, 0.25) is 5.02 Å². The van der Waals surface area contributed by atoms with Crippen molar-refractivity contribution in [3.63, 3.8) is 0 Å². The molecule has 0 aromatic heterocycles. The maximum atomic E-state index is 12.9. The van der Waals surface area contributed by atoms with E-state index in [1.54, 1.807) is 6.92 Å². The quantitative estimate of drug-likeness (QED) is 0.554. The summed E-state index contributed by atoms with van der Waals surface area (Å²) in [7, 11) is 0. The number of carbonyl (C=O) groups excluding carboxylic acids is 1. The summed E-state index contributed by atoms with van der Waals surface area (Å²) in [5.41, 5.74) is -0.240. The first-order valence-electron chi connectivity index (χ1n) is 8.55. The smallest absolute Gasteiger partial charge is 0.312 e. The van der Waals surface area contributed by atoms with Crippen molar-refractivity contribution >= 4 is 35.6 Å². The predicted molar refractivity (Wildman–Crippen MR) is 103 cm³/mol. The average Bonchev–Trinajstić information content (AvgIpc) is 2.61. The molecule has 1 heterocycles. The van der Waals surface area contributed by atoms with Crippen molar-refractivity contribution in [2.45, 2.75) is 45.3 Å². The number of hydrogen-bond acceptors (Lipinski definition) is 5. The second-order valence-electron chi connectivity index (χ2n) is 6.14. The molecule has 1 fully saturated rings. The molecule has 0 spiro atoms. The minimum atomic E-state index is -0.804. The van der Waals surface area contributed by atoms with Crippen LogP contribution in [0, 0.1) is 10.1 Å². The molecule has 0 bridgehead atoms. The molecule has 26 heavy (non-hydrogen) atoms. The number of rotatable bonds is 7. The fourth-order valence-electron chi connectivity index (χ4n) is 3.04. The summed E-state index contributed by atoms with van der Waals surface area (Å²) in [4.78, 5) is 25.3. The van der Waals surface area contributed by atoms with Crippen molar-refractivity contribution in [2.24, 2.45) is 0 Å². The predicted octanol–water partition coefficient (Wildman–Crippen LogP) is 3.43. The number of halogens is 2. The highest BCUT2D eigenvalue weighted by Gasteiger charge is 2.30. The summed E-state index contributed by atoms with van der Waals surface area (Å²) >= 11 is 5.81. The lowest BCUT2D eigenvalue weighted by Gasteiger charge is -2.36. The van der Waals surface area contributed by atoms with Crippen molar-refractivity contribution < 1.29 is 14.5 Å². The Hall–Kier alpha value is -1.57. The molecule has 1 saturated heterocycles. The largest absolute Gasteiger partial charge is 0.474 e. The SMILES string of the molecule is CCCN(C(=O)C(C)Oc1ccc(Cl)cc1[N+](=O)[O-])C1CCNCC1.Cl. The molecule has 1 N–H and O–H groups in total. The van der Waals surface area contributed by atoms with Gasteiger partial charge in [-0.05, 0) is 51.4 Å². The van der Waals surface area contributed by atoms with Gasteiger partial charge in [-0.25, -0.2) is 0 Å². The Bertz CT molecular complexity index is 624. The van der Waals surface area contributed by atoms with Crippen LogP contribution >= 0.6 is 24.0 Å². The third-order valence-electron chi connectivity index (χ3n) is 4.27. The number of ether oxygens (including phenoxy) is 1. The molecule has 0 radical (unpaired) electrons. The fourth-order valence-corrected chi connectivity index (χ4v) is 3.21. The molecular weight excluding hydrogens is 381 g/mol. The molecule has 1 atom stereocenters. The molecule has 1 aromatic carbocycles. The van der Waals surface area contributed by atoms with Gasteiger partial charge in [-0.2, -0.15) is 0 Å². The Labute approximate surface area is 164 Å². The summed E-state index contributed by atoms with van der Waals surface area (Å²) in [6.07, 6.45) is 1.85. The molecule has 2 rings (SSSR count). The Balaban J connectivity index is 0.00000338. The zero-order chi connectivity index (χ0) is 18.4. The zero-order valence-corrected chi connectivity index (χ0v) is 16.5. The normalized spacial score (nSPS) is 15.7. The monoisotopic (exact) mass is 405 g/mol. The standard InChI is InChI=1S/C17H24ClN3O4.ClH/c1-3-10-20(14-6-8-19-9-7-14)17(22)12(2)25-16-5-4-13(18)11-15(16)21(23)24;/h4-5,11-12,14,19H,3,6-10H2,1-2H3;1H. The van der Waals surface area contributed by atoms with Crippen LogP contribution in [-0.4, -0.2) is 47.5 Å². The average molecular weight is 406 g/mol. The topological polar surface area (TPSA) is 84.7 Å². The van der Waals surface area contributed by atoms with Gasteiger partial charge in [0.25, 0.3) is 5.91 Å². The maximum Gasteiger partial charge on any atom is 0.312 e. The van der Waals surface area contributed by atoms with Crippen LogP contribution in [-0.2, 0) is 4.79 Å². The van der Waals surface area contributed by atoms with E-state index in [9.17, 15) is 14.9 Å². The summed E-state index contributed by atoms with van der Waals surface area (Å²) in [5, 5.41) is 14.7. The molecule has 1 unspecified atom stereocenters. The van der Waals surface area contributed by atoms with Gasteiger partial charge in [-0.3, -0.25) is 14.9 Å². The van der Waals surface area contributed by atoms with Crippen LogP contribution < -0.4 is 10.1 Å². The minimum absolute atomic E-state index is 0. The van der Waals surface area contributed by atoms with Crippen molar-refractivity contribution in [2.75, 3.05) is 19.6 Å². The van der Waals surface area contributed by atoms with E-state index in [1.165, 1.54) is 18.2 Å². The van der Waals surface area contributed by atoms with Gasteiger partial charge in [0.05, 0.1) is 4.92 Å². The van der Waals surface area contributed by atoms with E-state index in [0.29, 0.717) is 6.54 Å². The first kappa shape index (κ1) is 22.5. The Morgan fingerprint density at radius 3 is 2.69 bits per heavy atom. The lowest BCUT2D eigenvalue weighted by Crippen LogP contribution is -2.50. The van der Waals surface area contributed by atoms with Crippen molar-refractivity contribution in [3.05, 3.63) is 33.3 Å². The number of hydrogen-bond donors (Lipinski definition) is 1. The molecular formula is C17H25Cl2N3O4. The van der Waals surface area contributed by atoms with E-state index < -0.39 is 11.0 Å². The number of nitrogens with zero attached hydrogens (tertiary/aromatic N) is 2. The van der Waals surface area contributed by atoms with Gasteiger partial charge < -0.3 is 15.0 Å². The maximum absolute atomic E-state index is 12.9. The third kappa shape index (κ3) is 5.72. The molecule has 7 nitrogen and oxygen atoms in total. The molecule has 0 aliphatic carbocycles. The fraction of sp³-hybridized carbons (Fsp3) is 0.588. The van der Waals surface area contributed by atoms with Gasteiger partial charge in [0, 0.05) is 23.7 Å². The van der Waals surface area contributed by atoms with E-state index in [0.717, 1.165) is 32.4 Å². The number of nitrogens with one attached hydrogen (secondary N) is 1. The highest BCUT2D eigenvalue weighted by Crippen LogP contribution is 2.31. The number of piperidine rings is 1. The Morgan fingerprint density at radius 2 is 2.12 bits per heavy atom. The highest BCUT2D eigenvalue weighted by atomic mass is 35.5. The summed E-state index contributed by atoms with van der Waals surface area (Å²) in [6.45, 7) is 6.08. The molecule has 1 aliphatic heterocycles. The molecule has 1 aromatic rings. The summed E-state index contributed by atoms with van der Waals surface area (Å²) in [6, 6.07) is 4.35. The highest BCUT2D eigenvalue weighted by molar-refractivity contribution is 6.30. The molecule has 1 amide bonds. The number of amides is 1. The molecule has 146 valence electrons. The van der Waals surface area contributed by atoms with E-state index in [2.05, 4.69) is 5.32 Å². The number of carbonyl (C=O) groups is 1. The van der Waals surface area contributed by atoms with Crippen LogP contribution in [0.4, 0.5) is 5.69 Å².